The Labute approximate surface area is 145 Å². The Kier molecular flexibility index (Phi) is 4.40. The Morgan fingerprint density at radius 1 is 0.958 bits per heavy atom. The van der Waals surface area contributed by atoms with Crippen molar-refractivity contribution in [2.24, 2.45) is 0 Å². The third-order valence-electron chi connectivity index (χ3n) is 3.95. The summed E-state index contributed by atoms with van der Waals surface area (Å²) in [4.78, 5) is 26.2. The van der Waals surface area contributed by atoms with Crippen LogP contribution in [-0.2, 0) is 16.1 Å². The van der Waals surface area contributed by atoms with E-state index >= 15 is 0 Å². The topological polar surface area (TPSA) is 46.6 Å². The van der Waals surface area contributed by atoms with Crippen LogP contribution in [0.15, 0.2) is 53.6 Å². The lowest BCUT2D eigenvalue weighted by atomic mass is 10.0. The fourth-order valence-electron chi connectivity index (χ4n) is 2.57. The number of ether oxygens (including phenoxy) is 1. The molecular weight excluding hydrogens is 326 g/mol. The Morgan fingerprint density at radius 3 is 2.17 bits per heavy atom. The second-order valence-corrected chi connectivity index (χ2v) is 5.98. The van der Waals surface area contributed by atoms with E-state index in [1.54, 1.807) is 31.4 Å². The second kappa shape index (κ2) is 6.49. The van der Waals surface area contributed by atoms with Gasteiger partial charge >= 0.3 is 0 Å². The molecule has 0 unspecified atom stereocenters. The average Bonchev–Trinajstić information content (AvgIpc) is 2.80. The Morgan fingerprint density at radius 2 is 1.58 bits per heavy atom. The zero-order valence-corrected chi connectivity index (χ0v) is 14.1. The molecule has 2 amide bonds. The molecule has 1 heterocycles. The van der Waals surface area contributed by atoms with E-state index in [2.05, 4.69) is 0 Å². The summed E-state index contributed by atoms with van der Waals surface area (Å²) < 4.78 is 5.11. The van der Waals surface area contributed by atoms with Crippen molar-refractivity contribution in [3.05, 3.63) is 70.3 Å². The molecule has 24 heavy (non-hydrogen) atoms. The second-order valence-electron chi connectivity index (χ2n) is 5.60. The van der Waals surface area contributed by atoms with E-state index in [1.807, 2.05) is 31.2 Å². The maximum Gasteiger partial charge on any atom is 0.273 e. The first kappa shape index (κ1) is 16.3. The fourth-order valence-corrected chi connectivity index (χ4v) is 2.87. The molecule has 0 bridgehead atoms. The molecule has 0 atom stereocenters. The van der Waals surface area contributed by atoms with Gasteiger partial charge in [0.25, 0.3) is 11.8 Å². The number of carbonyl (C=O) groups is 2. The van der Waals surface area contributed by atoms with Crippen LogP contribution in [0.25, 0.3) is 5.57 Å². The smallest absolute Gasteiger partial charge is 0.273 e. The van der Waals surface area contributed by atoms with Gasteiger partial charge in [-0.15, -0.1) is 0 Å². The SMILES string of the molecule is COc1ccc(CN2C(=O)C(Cl)=C(c3ccc(C)cc3)C2=O)cc1. The van der Waals surface area contributed by atoms with Crippen molar-refractivity contribution in [3.63, 3.8) is 0 Å². The van der Waals surface area contributed by atoms with Crippen LogP contribution in [0.4, 0.5) is 0 Å². The van der Waals surface area contributed by atoms with Gasteiger partial charge in [0.05, 0.1) is 19.2 Å². The van der Waals surface area contributed by atoms with Crippen molar-refractivity contribution in [3.8, 4) is 5.75 Å². The monoisotopic (exact) mass is 341 g/mol. The number of methoxy groups -OCH3 is 1. The van der Waals surface area contributed by atoms with Crippen LogP contribution in [0.1, 0.15) is 16.7 Å². The molecule has 0 aromatic heterocycles. The number of carbonyl (C=O) groups excluding carboxylic acids is 2. The van der Waals surface area contributed by atoms with Crippen molar-refractivity contribution in [2.75, 3.05) is 7.11 Å². The lowest BCUT2D eigenvalue weighted by Crippen LogP contribution is -2.30. The first-order valence-electron chi connectivity index (χ1n) is 7.47. The maximum absolute atomic E-state index is 12.7. The minimum absolute atomic E-state index is 0.0302. The van der Waals surface area contributed by atoms with Crippen molar-refractivity contribution in [2.45, 2.75) is 13.5 Å². The van der Waals surface area contributed by atoms with Gasteiger partial charge in [0.1, 0.15) is 10.8 Å². The molecule has 2 aromatic rings. The first-order valence-corrected chi connectivity index (χ1v) is 7.85. The molecule has 4 nitrogen and oxygen atoms in total. The summed E-state index contributed by atoms with van der Waals surface area (Å²) in [5.74, 6) is -0.118. The number of benzene rings is 2. The quantitative estimate of drug-likeness (QED) is 0.799. The Balaban J connectivity index is 1.86. The summed E-state index contributed by atoms with van der Waals surface area (Å²) in [6.07, 6.45) is 0. The number of imide groups is 1. The molecule has 1 aliphatic heterocycles. The van der Waals surface area contributed by atoms with Crippen molar-refractivity contribution in [1.29, 1.82) is 0 Å². The zero-order chi connectivity index (χ0) is 17.3. The van der Waals surface area contributed by atoms with E-state index in [0.717, 1.165) is 11.1 Å². The van der Waals surface area contributed by atoms with E-state index in [0.29, 0.717) is 11.3 Å². The van der Waals surface area contributed by atoms with Crippen LogP contribution in [0, 0.1) is 6.92 Å². The number of rotatable bonds is 4. The largest absolute Gasteiger partial charge is 0.497 e. The normalized spacial score (nSPS) is 14.5. The summed E-state index contributed by atoms with van der Waals surface area (Å²) in [7, 11) is 1.58. The number of halogens is 1. The molecular formula is C19H16ClNO3. The van der Waals surface area contributed by atoms with Gasteiger partial charge in [-0.25, -0.2) is 0 Å². The molecule has 1 aliphatic rings. The number of hydrogen-bond acceptors (Lipinski definition) is 3. The number of amides is 2. The predicted octanol–water partition coefficient (Wildman–Crippen LogP) is 3.52. The maximum atomic E-state index is 12.7. The average molecular weight is 342 g/mol. The van der Waals surface area contributed by atoms with Crippen LogP contribution < -0.4 is 4.74 Å². The van der Waals surface area contributed by atoms with Gasteiger partial charge in [-0.1, -0.05) is 53.6 Å². The molecule has 0 saturated heterocycles. The molecule has 0 spiro atoms. The van der Waals surface area contributed by atoms with Crippen LogP contribution in [0.5, 0.6) is 5.75 Å². The molecule has 0 aliphatic carbocycles. The third kappa shape index (κ3) is 2.93. The first-order chi connectivity index (χ1) is 11.5. The van der Waals surface area contributed by atoms with Crippen molar-refractivity contribution < 1.29 is 14.3 Å². The van der Waals surface area contributed by atoms with Gasteiger partial charge in [0.15, 0.2) is 0 Å². The zero-order valence-electron chi connectivity index (χ0n) is 13.4. The number of aryl methyl sites for hydroxylation is 1. The fraction of sp³-hybridized carbons (Fsp3) is 0.158. The molecule has 0 N–H and O–H groups in total. The van der Waals surface area contributed by atoms with E-state index in [-0.39, 0.29) is 23.1 Å². The highest BCUT2D eigenvalue weighted by Gasteiger charge is 2.38. The van der Waals surface area contributed by atoms with E-state index in [1.165, 1.54) is 4.90 Å². The highest BCUT2D eigenvalue weighted by atomic mass is 35.5. The lowest BCUT2D eigenvalue weighted by Gasteiger charge is -2.15. The highest BCUT2D eigenvalue weighted by molar-refractivity contribution is 6.55. The van der Waals surface area contributed by atoms with E-state index in [9.17, 15) is 9.59 Å². The molecule has 5 heteroatoms. The molecule has 0 saturated carbocycles. The molecule has 0 radical (unpaired) electrons. The summed E-state index contributed by atoms with van der Waals surface area (Å²) >= 11 is 6.15. The predicted molar refractivity (Wildman–Crippen MR) is 92.5 cm³/mol. The van der Waals surface area contributed by atoms with Crippen LogP contribution in [0.3, 0.4) is 0 Å². The minimum Gasteiger partial charge on any atom is -0.497 e. The van der Waals surface area contributed by atoms with Gasteiger partial charge in [-0.05, 0) is 30.2 Å². The summed E-state index contributed by atoms with van der Waals surface area (Å²) in [6, 6.07) is 14.6. The van der Waals surface area contributed by atoms with Crippen molar-refractivity contribution >= 4 is 29.0 Å². The van der Waals surface area contributed by atoms with Gasteiger partial charge in [-0.2, -0.15) is 0 Å². The number of nitrogens with zero attached hydrogens (tertiary/aromatic N) is 1. The lowest BCUT2D eigenvalue weighted by molar-refractivity contribution is -0.137. The highest BCUT2D eigenvalue weighted by Crippen LogP contribution is 2.32. The van der Waals surface area contributed by atoms with Crippen molar-refractivity contribution in [1.82, 2.24) is 4.90 Å². The van der Waals surface area contributed by atoms with Crippen LogP contribution in [-0.4, -0.2) is 23.8 Å². The molecule has 122 valence electrons. The van der Waals surface area contributed by atoms with Gasteiger partial charge < -0.3 is 4.74 Å². The van der Waals surface area contributed by atoms with Crippen LogP contribution >= 0.6 is 11.6 Å². The molecule has 2 aromatic carbocycles. The van der Waals surface area contributed by atoms with Gasteiger partial charge in [0, 0.05) is 0 Å². The third-order valence-corrected chi connectivity index (χ3v) is 4.30. The van der Waals surface area contributed by atoms with E-state index < -0.39 is 5.91 Å². The Bertz CT molecular complexity index is 823. The van der Waals surface area contributed by atoms with Gasteiger partial charge in [0.2, 0.25) is 0 Å². The van der Waals surface area contributed by atoms with Crippen LogP contribution in [0.2, 0.25) is 0 Å². The molecule has 0 fully saturated rings. The van der Waals surface area contributed by atoms with E-state index in [4.69, 9.17) is 16.3 Å². The molecule has 3 rings (SSSR count). The summed E-state index contributed by atoms with van der Waals surface area (Å²) in [5, 5.41) is -0.0302. The standard InChI is InChI=1S/C19H16ClNO3/c1-12-3-7-14(8-4-12)16-17(20)19(23)21(18(16)22)11-13-5-9-15(24-2)10-6-13/h3-10H,11H2,1-2H3. The minimum atomic E-state index is -0.465. The Hall–Kier alpha value is -2.59. The summed E-state index contributed by atoms with van der Waals surface area (Å²) in [5.41, 5.74) is 2.81. The number of hydrogen-bond donors (Lipinski definition) is 0. The van der Waals surface area contributed by atoms with Gasteiger partial charge in [-0.3, -0.25) is 14.5 Å². The summed E-state index contributed by atoms with van der Waals surface area (Å²) in [6.45, 7) is 2.13.